The average Bonchev–Trinajstić information content (AvgIpc) is 2.68. The van der Waals surface area contributed by atoms with Gasteiger partial charge in [0.1, 0.15) is 0 Å². The predicted molar refractivity (Wildman–Crippen MR) is 74.8 cm³/mol. The van der Waals surface area contributed by atoms with Gasteiger partial charge in [0, 0.05) is 13.1 Å². The fourth-order valence-electron chi connectivity index (χ4n) is 1.99. The van der Waals surface area contributed by atoms with Gasteiger partial charge in [0.2, 0.25) is 0 Å². The molecule has 17 heavy (non-hydrogen) atoms. The van der Waals surface area contributed by atoms with E-state index in [4.69, 9.17) is 5.73 Å². The van der Waals surface area contributed by atoms with E-state index in [0.29, 0.717) is 0 Å². The molecule has 0 spiro atoms. The molecule has 0 atom stereocenters. The van der Waals surface area contributed by atoms with Crippen LogP contribution in [0.4, 0.5) is 0 Å². The minimum absolute atomic E-state index is 0. The number of amidine groups is 1. The molecule has 0 unspecified atom stereocenters. The third-order valence-corrected chi connectivity index (χ3v) is 3.00. The van der Waals surface area contributed by atoms with Gasteiger partial charge in [-0.15, -0.1) is 12.4 Å². The summed E-state index contributed by atoms with van der Waals surface area (Å²) in [5, 5.41) is 0. The summed E-state index contributed by atoms with van der Waals surface area (Å²) in [5.74, 6) is 1.16. The monoisotopic (exact) mass is 253 g/mol. The Kier molecular flexibility index (Phi) is 5.45. The van der Waals surface area contributed by atoms with Crippen LogP contribution in [0.1, 0.15) is 18.1 Å². The zero-order valence-corrected chi connectivity index (χ0v) is 11.0. The molecule has 1 aromatic carbocycles. The lowest BCUT2D eigenvalue weighted by molar-refractivity contribution is 0.450. The minimum Gasteiger partial charge on any atom is -0.354 e. The summed E-state index contributed by atoms with van der Waals surface area (Å²) >= 11 is 0. The summed E-state index contributed by atoms with van der Waals surface area (Å²) in [5.41, 5.74) is 8.19. The van der Waals surface area contributed by atoms with E-state index in [-0.39, 0.29) is 12.4 Å². The van der Waals surface area contributed by atoms with E-state index in [1.54, 1.807) is 0 Å². The molecule has 1 aliphatic rings. The lowest BCUT2D eigenvalue weighted by Gasteiger charge is -2.18. The molecule has 0 aromatic heterocycles. The number of hydrogen-bond donors (Lipinski definition) is 1. The maximum atomic E-state index is 5.52. The number of nitrogens with two attached hydrogens (primary N) is 1. The molecule has 1 aliphatic heterocycles. The molecule has 0 radical (unpaired) electrons. The fourth-order valence-corrected chi connectivity index (χ4v) is 1.99. The van der Waals surface area contributed by atoms with Gasteiger partial charge in [-0.05, 0) is 31.0 Å². The van der Waals surface area contributed by atoms with E-state index >= 15 is 0 Å². The van der Waals surface area contributed by atoms with E-state index < -0.39 is 0 Å². The molecule has 1 aromatic rings. The highest BCUT2D eigenvalue weighted by atomic mass is 35.5. The largest absolute Gasteiger partial charge is 0.354 e. The first-order valence-electron chi connectivity index (χ1n) is 5.83. The Hall–Kier alpha value is -1.06. The normalized spacial score (nSPS) is 14.5. The molecule has 0 amide bonds. The van der Waals surface area contributed by atoms with E-state index in [2.05, 4.69) is 41.1 Å². The van der Waals surface area contributed by atoms with Crippen molar-refractivity contribution in [3.05, 3.63) is 35.4 Å². The Morgan fingerprint density at radius 1 is 1.24 bits per heavy atom. The number of hydrogen-bond acceptors (Lipinski definition) is 3. The van der Waals surface area contributed by atoms with Crippen molar-refractivity contribution in [2.24, 2.45) is 10.7 Å². The molecule has 2 rings (SSSR count). The van der Waals surface area contributed by atoms with Gasteiger partial charge in [-0.25, -0.2) is 0 Å². The van der Waals surface area contributed by atoms with Gasteiger partial charge in [0.05, 0.1) is 12.4 Å². The molecule has 94 valence electrons. The molecular formula is C13H20ClN3. The summed E-state index contributed by atoms with van der Waals surface area (Å²) in [6.45, 7) is 5.76. The van der Waals surface area contributed by atoms with Crippen molar-refractivity contribution in [3.63, 3.8) is 0 Å². The first-order valence-corrected chi connectivity index (χ1v) is 5.83. The Labute approximate surface area is 109 Å². The van der Waals surface area contributed by atoms with Gasteiger partial charge >= 0.3 is 0 Å². The molecule has 4 heteroatoms. The molecule has 2 N–H and O–H groups in total. The highest BCUT2D eigenvalue weighted by Crippen LogP contribution is 2.10. The third kappa shape index (κ3) is 3.72. The van der Waals surface area contributed by atoms with Crippen molar-refractivity contribution < 1.29 is 0 Å². The molecule has 0 saturated carbocycles. The maximum Gasteiger partial charge on any atom is 0.0961 e. The van der Waals surface area contributed by atoms with Crippen LogP contribution in [-0.4, -0.2) is 30.4 Å². The van der Waals surface area contributed by atoms with Crippen molar-refractivity contribution in [2.45, 2.75) is 19.9 Å². The quantitative estimate of drug-likeness (QED) is 0.890. The van der Waals surface area contributed by atoms with Crippen molar-refractivity contribution in [1.29, 1.82) is 0 Å². The first kappa shape index (κ1) is 14.0. The Balaban J connectivity index is 0.00000144. The third-order valence-electron chi connectivity index (χ3n) is 3.00. The maximum absolute atomic E-state index is 5.52. The van der Waals surface area contributed by atoms with Crippen LogP contribution in [0.2, 0.25) is 0 Å². The first-order chi connectivity index (χ1) is 7.79. The average molecular weight is 254 g/mol. The highest BCUT2D eigenvalue weighted by molar-refractivity contribution is 5.85. The second kappa shape index (κ2) is 6.62. The van der Waals surface area contributed by atoms with Crippen LogP contribution in [0.15, 0.2) is 29.3 Å². The Morgan fingerprint density at radius 2 is 1.88 bits per heavy atom. The topological polar surface area (TPSA) is 41.6 Å². The van der Waals surface area contributed by atoms with E-state index in [1.165, 1.54) is 11.1 Å². The minimum atomic E-state index is 0. The molecule has 0 bridgehead atoms. The molecule has 1 heterocycles. The smallest absolute Gasteiger partial charge is 0.0961 e. The molecule has 3 nitrogen and oxygen atoms in total. The van der Waals surface area contributed by atoms with Gasteiger partial charge < -0.3 is 10.6 Å². The molecule has 0 fully saturated rings. The van der Waals surface area contributed by atoms with Crippen molar-refractivity contribution in [1.82, 2.24) is 4.90 Å². The van der Waals surface area contributed by atoms with Crippen LogP contribution >= 0.6 is 12.4 Å². The van der Waals surface area contributed by atoms with Crippen LogP contribution < -0.4 is 5.73 Å². The standard InChI is InChI=1S/C13H19N3.ClH/c1-11-15-8-9-16(11)10-13-4-2-12(3-5-13)6-7-14;/h2-5H,6-10,14H2,1H3;1H. The van der Waals surface area contributed by atoms with Gasteiger partial charge in [-0.1, -0.05) is 24.3 Å². The summed E-state index contributed by atoms with van der Waals surface area (Å²) in [6.07, 6.45) is 0.963. The Morgan fingerprint density at radius 3 is 2.41 bits per heavy atom. The lowest BCUT2D eigenvalue weighted by Crippen LogP contribution is -2.24. The van der Waals surface area contributed by atoms with Crippen LogP contribution in [-0.2, 0) is 13.0 Å². The van der Waals surface area contributed by atoms with Gasteiger partial charge in [-0.2, -0.15) is 0 Å². The summed E-state index contributed by atoms with van der Waals surface area (Å²) < 4.78 is 0. The number of halogens is 1. The molecule has 0 aliphatic carbocycles. The number of benzene rings is 1. The number of rotatable bonds is 4. The fraction of sp³-hybridized carbons (Fsp3) is 0.462. The van der Waals surface area contributed by atoms with Crippen molar-refractivity contribution in [3.8, 4) is 0 Å². The predicted octanol–water partition coefficient (Wildman–Crippen LogP) is 1.84. The molecular weight excluding hydrogens is 234 g/mol. The highest BCUT2D eigenvalue weighted by Gasteiger charge is 2.12. The van der Waals surface area contributed by atoms with Gasteiger partial charge in [-0.3, -0.25) is 4.99 Å². The van der Waals surface area contributed by atoms with Crippen LogP contribution in [0.5, 0.6) is 0 Å². The summed E-state index contributed by atoms with van der Waals surface area (Å²) in [7, 11) is 0. The van der Waals surface area contributed by atoms with Crippen molar-refractivity contribution in [2.75, 3.05) is 19.6 Å². The van der Waals surface area contributed by atoms with E-state index in [9.17, 15) is 0 Å². The number of nitrogens with zero attached hydrogens (tertiary/aromatic N) is 2. The second-order valence-electron chi connectivity index (χ2n) is 4.21. The molecule has 0 saturated heterocycles. The van der Waals surface area contributed by atoms with Crippen LogP contribution in [0.25, 0.3) is 0 Å². The van der Waals surface area contributed by atoms with Gasteiger partial charge in [0.25, 0.3) is 0 Å². The van der Waals surface area contributed by atoms with Crippen LogP contribution in [0.3, 0.4) is 0 Å². The second-order valence-corrected chi connectivity index (χ2v) is 4.21. The summed E-state index contributed by atoms with van der Waals surface area (Å²) in [4.78, 5) is 6.70. The van der Waals surface area contributed by atoms with Crippen LogP contribution in [0, 0.1) is 0 Å². The van der Waals surface area contributed by atoms with E-state index in [1.807, 2.05) is 0 Å². The van der Waals surface area contributed by atoms with E-state index in [0.717, 1.165) is 38.4 Å². The van der Waals surface area contributed by atoms with Gasteiger partial charge in [0.15, 0.2) is 0 Å². The summed E-state index contributed by atoms with van der Waals surface area (Å²) in [6, 6.07) is 8.72. The Bertz CT molecular complexity index is 373. The van der Waals surface area contributed by atoms with Crippen molar-refractivity contribution >= 4 is 18.2 Å². The zero-order valence-electron chi connectivity index (χ0n) is 10.2. The zero-order chi connectivity index (χ0) is 11.4. The lowest BCUT2D eigenvalue weighted by atomic mass is 10.1. The SMILES string of the molecule is CC1=NCCN1Cc1ccc(CCN)cc1.Cl. The number of aliphatic imine (C=N–C) groups is 1.